The van der Waals surface area contributed by atoms with Crippen LogP contribution in [-0.2, 0) is 16.1 Å². The van der Waals surface area contributed by atoms with E-state index >= 15 is 0 Å². The Balaban J connectivity index is 2.22. The molecule has 0 bridgehead atoms. The van der Waals surface area contributed by atoms with Crippen LogP contribution in [0.1, 0.15) is 48.9 Å². The van der Waals surface area contributed by atoms with E-state index in [2.05, 4.69) is 5.32 Å². The van der Waals surface area contributed by atoms with E-state index in [9.17, 15) is 9.59 Å². The Bertz CT molecular complexity index is 863. The minimum Gasteiger partial charge on any atom is -0.483 e. The van der Waals surface area contributed by atoms with Crippen LogP contribution < -0.4 is 10.1 Å². The van der Waals surface area contributed by atoms with E-state index in [1.165, 1.54) is 0 Å². The minimum atomic E-state index is -0.535. The molecule has 0 spiro atoms. The van der Waals surface area contributed by atoms with Gasteiger partial charge in [-0.15, -0.1) is 0 Å². The number of hydrogen-bond acceptors (Lipinski definition) is 3. The zero-order valence-corrected chi connectivity index (χ0v) is 18.8. The molecular weight excluding hydrogens is 376 g/mol. The number of aryl methyl sites for hydroxylation is 3. The van der Waals surface area contributed by atoms with Crippen LogP contribution in [0.25, 0.3) is 0 Å². The molecule has 0 aliphatic rings. The topological polar surface area (TPSA) is 58.6 Å². The first-order valence-corrected chi connectivity index (χ1v) is 10.7. The first-order valence-electron chi connectivity index (χ1n) is 10.7. The molecule has 0 aromatic heterocycles. The summed E-state index contributed by atoms with van der Waals surface area (Å²) >= 11 is 0. The number of rotatable bonds is 10. The van der Waals surface area contributed by atoms with E-state index in [-0.39, 0.29) is 18.4 Å². The SMILES string of the molecule is CCCNC(=O)[C@@H](CC)N(Cc1cccc(C)c1)C(=O)COc1cc(C)ccc1C. The molecule has 2 rings (SSSR count). The van der Waals surface area contributed by atoms with Crippen LogP contribution in [0, 0.1) is 20.8 Å². The Morgan fingerprint density at radius 1 is 1.03 bits per heavy atom. The number of carbonyl (C=O) groups excluding carboxylic acids is 2. The van der Waals surface area contributed by atoms with Crippen molar-refractivity contribution in [2.75, 3.05) is 13.2 Å². The third-order valence-corrected chi connectivity index (χ3v) is 5.07. The van der Waals surface area contributed by atoms with Crippen molar-refractivity contribution in [1.29, 1.82) is 0 Å². The molecule has 2 amide bonds. The normalized spacial score (nSPS) is 11.6. The van der Waals surface area contributed by atoms with Gasteiger partial charge in [-0.1, -0.05) is 55.8 Å². The standard InChI is InChI=1S/C25H34N2O3/c1-6-13-26-25(29)22(7-2)27(16-21-10-8-9-18(3)14-21)24(28)17-30-23-15-19(4)11-12-20(23)5/h8-12,14-15,22H,6-7,13,16-17H2,1-5H3,(H,26,29)/t22-/m1/s1. The number of hydrogen-bond donors (Lipinski definition) is 1. The van der Waals surface area contributed by atoms with Gasteiger partial charge in [-0.25, -0.2) is 0 Å². The summed E-state index contributed by atoms with van der Waals surface area (Å²) < 4.78 is 5.85. The average molecular weight is 411 g/mol. The third-order valence-electron chi connectivity index (χ3n) is 5.07. The lowest BCUT2D eigenvalue weighted by molar-refractivity contribution is -0.143. The van der Waals surface area contributed by atoms with Crippen molar-refractivity contribution >= 4 is 11.8 Å². The second-order valence-corrected chi connectivity index (χ2v) is 7.78. The van der Waals surface area contributed by atoms with Crippen LogP contribution in [0.15, 0.2) is 42.5 Å². The molecular formula is C25H34N2O3. The highest BCUT2D eigenvalue weighted by atomic mass is 16.5. The molecule has 5 heteroatoms. The summed E-state index contributed by atoms with van der Waals surface area (Å²) in [6, 6.07) is 13.4. The first kappa shape index (κ1) is 23.5. The largest absolute Gasteiger partial charge is 0.483 e. The fourth-order valence-corrected chi connectivity index (χ4v) is 3.38. The maximum Gasteiger partial charge on any atom is 0.261 e. The highest BCUT2D eigenvalue weighted by molar-refractivity contribution is 5.88. The van der Waals surface area contributed by atoms with Gasteiger partial charge in [-0.05, 0) is 56.4 Å². The molecule has 1 N–H and O–H groups in total. The molecule has 30 heavy (non-hydrogen) atoms. The van der Waals surface area contributed by atoms with Crippen LogP contribution in [0.2, 0.25) is 0 Å². The Labute approximate surface area is 180 Å². The van der Waals surface area contributed by atoms with Gasteiger partial charge in [0, 0.05) is 13.1 Å². The Morgan fingerprint density at radius 2 is 1.77 bits per heavy atom. The molecule has 0 unspecified atom stereocenters. The lowest BCUT2D eigenvalue weighted by Crippen LogP contribution is -2.50. The predicted octanol–water partition coefficient (Wildman–Crippen LogP) is 4.32. The molecule has 2 aromatic carbocycles. The molecule has 0 heterocycles. The maximum absolute atomic E-state index is 13.2. The summed E-state index contributed by atoms with van der Waals surface area (Å²) in [5.74, 6) is 0.380. The Kier molecular flexibility index (Phi) is 8.90. The second-order valence-electron chi connectivity index (χ2n) is 7.78. The smallest absolute Gasteiger partial charge is 0.261 e. The Hall–Kier alpha value is -2.82. The van der Waals surface area contributed by atoms with Crippen molar-refractivity contribution in [1.82, 2.24) is 10.2 Å². The first-order chi connectivity index (χ1) is 14.3. The minimum absolute atomic E-state index is 0.104. The van der Waals surface area contributed by atoms with Gasteiger partial charge in [0.2, 0.25) is 5.91 Å². The van der Waals surface area contributed by atoms with Gasteiger partial charge >= 0.3 is 0 Å². The summed E-state index contributed by atoms with van der Waals surface area (Å²) in [7, 11) is 0. The molecule has 0 aliphatic carbocycles. The van der Waals surface area contributed by atoms with Gasteiger partial charge in [0.15, 0.2) is 6.61 Å². The van der Waals surface area contributed by atoms with Gasteiger partial charge in [0.1, 0.15) is 11.8 Å². The molecule has 0 saturated heterocycles. The van der Waals surface area contributed by atoms with Gasteiger partial charge in [0.25, 0.3) is 5.91 Å². The lowest BCUT2D eigenvalue weighted by Gasteiger charge is -2.30. The molecule has 2 aromatic rings. The van der Waals surface area contributed by atoms with Crippen LogP contribution in [-0.4, -0.2) is 35.9 Å². The molecule has 0 fully saturated rings. The fraction of sp³-hybridized carbons (Fsp3) is 0.440. The van der Waals surface area contributed by atoms with Crippen molar-refractivity contribution in [3.05, 3.63) is 64.7 Å². The highest BCUT2D eigenvalue weighted by Gasteiger charge is 2.28. The van der Waals surface area contributed by atoms with Gasteiger partial charge in [-0.2, -0.15) is 0 Å². The summed E-state index contributed by atoms with van der Waals surface area (Å²) in [6.07, 6.45) is 1.39. The zero-order chi connectivity index (χ0) is 22.1. The van der Waals surface area contributed by atoms with Crippen molar-refractivity contribution in [2.45, 2.75) is 60.0 Å². The van der Waals surface area contributed by atoms with Crippen molar-refractivity contribution in [3.63, 3.8) is 0 Å². The second kappa shape index (κ2) is 11.4. The number of benzene rings is 2. The van der Waals surface area contributed by atoms with Gasteiger partial charge < -0.3 is 15.0 Å². The molecule has 162 valence electrons. The summed E-state index contributed by atoms with van der Waals surface area (Å²) in [6.45, 7) is 10.8. The van der Waals surface area contributed by atoms with E-state index in [4.69, 9.17) is 4.74 Å². The lowest BCUT2D eigenvalue weighted by atomic mass is 10.1. The summed E-state index contributed by atoms with van der Waals surface area (Å²) in [5.41, 5.74) is 4.17. The third kappa shape index (κ3) is 6.61. The monoisotopic (exact) mass is 410 g/mol. The van der Waals surface area contributed by atoms with Crippen LogP contribution in [0.4, 0.5) is 0 Å². The molecule has 0 aliphatic heterocycles. The molecule has 1 atom stereocenters. The van der Waals surface area contributed by atoms with Crippen molar-refractivity contribution in [2.24, 2.45) is 0 Å². The van der Waals surface area contributed by atoms with E-state index in [0.29, 0.717) is 25.3 Å². The summed E-state index contributed by atoms with van der Waals surface area (Å²) in [4.78, 5) is 27.6. The van der Waals surface area contributed by atoms with Crippen LogP contribution in [0.3, 0.4) is 0 Å². The quantitative estimate of drug-likeness (QED) is 0.634. The molecule has 0 radical (unpaired) electrons. The van der Waals surface area contributed by atoms with Gasteiger partial charge in [0.05, 0.1) is 0 Å². The molecule has 5 nitrogen and oxygen atoms in total. The maximum atomic E-state index is 13.2. The van der Waals surface area contributed by atoms with Crippen molar-refractivity contribution in [3.8, 4) is 5.75 Å². The highest BCUT2D eigenvalue weighted by Crippen LogP contribution is 2.20. The van der Waals surface area contributed by atoms with E-state index in [1.54, 1.807) is 4.90 Å². The number of carbonyl (C=O) groups is 2. The number of nitrogens with zero attached hydrogens (tertiary/aromatic N) is 1. The van der Waals surface area contributed by atoms with Crippen molar-refractivity contribution < 1.29 is 14.3 Å². The van der Waals surface area contributed by atoms with Gasteiger partial charge in [-0.3, -0.25) is 9.59 Å². The van der Waals surface area contributed by atoms with E-state index in [0.717, 1.165) is 28.7 Å². The number of nitrogens with one attached hydrogen (secondary N) is 1. The Morgan fingerprint density at radius 3 is 2.43 bits per heavy atom. The predicted molar refractivity (Wildman–Crippen MR) is 121 cm³/mol. The van der Waals surface area contributed by atoms with E-state index in [1.807, 2.05) is 77.1 Å². The zero-order valence-electron chi connectivity index (χ0n) is 18.8. The molecule has 0 saturated carbocycles. The number of ether oxygens (including phenoxy) is 1. The van der Waals surface area contributed by atoms with Crippen LogP contribution >= 0.6 is 0 Å². The fourth-order valence-electron chi connectivity index (χ4n) is 3.38. The number of amides is 2. The average Bonchev–Trinajstić information content (AvgIpc) is 2.72. The summed E-state index contributed by atoms with van der Waals surface area (Å²) in [5, 5.41) is 2.93. The van der Waals surface area contributed by atoms with Crippen LogP contribution in [0.5, 0.6) is 5.75 Å². The van der Waals surface area contributed by atoms with E-state index < -0.39 is 6.04 Å².